The molecular weight excluding hydrogens is 244 g/mol. The number of benzene rings is 1. The molecule has 18 heavy (non-hydrogen) atoms. The van der Waals surface area contributed by atoms with Crippen LogP contribution in [0.25, 0.3) is 0 Å². The highest BCUT2D eigenvalue weighted by Crippen LogP contribution is 2.21. The van der Waals surface area contributed by atoms with Crippen LogP contribution in [-0.2, 0) is 0 Å². The van der Waals surface area contributed by atoms with Crippen LogP contribution >= 0.6 is 11.6 Å². The van der Waals surface area contributed by atoms with E-state index in [-0.39, 0.29) is 0 Å². The molecule has 1 atom stereocenters. The van der Waals surface area contributed by atoms with Crippen molar-refractivity contribution in [3.8, 4) is 0 Å². The van der Waals surface area contributed by atoms with Crippen molar-refractivity contribution in [3.63, 3.8) is 0 Å². The first-order chi connectivity index (χ1) is 8.50. The van der Waals surface area contributed by atoms with Crippen LogP contribution in [0.5, 0.6) is 0 Å². The van der Waals surface area contributed by atoms with E-state index >= 15 is 0 Å². The molecule has 1 aromatic carbocycles. The van der Waals surface area contributed by atoms with E-state index in [1.165, 1.54) is 12.0 Å². The maximum absolute atomic E-state index is 6.03. The Morgan fingerprint density at radius 2 is 2.00 bits per heavy atom. The molecule has 2 nitrogen and oxygen atoms in total. The van der Waals surface area contributed by atoms with Crippen molar-refractivity contribution in [2.45, 2.75) is 39.3 Å². The molecule has 0 saturated heterocycles. The van der Waals surface area contributed by atoms with E-state index in [2.05, 4.69) is 50.2 Å². The monoisotopic (exact) mass is 268 g/mol. The van der Waals surface area contributed by atoms with E-state index in [0.29, 0.717) is 12.1 Å². The van der Waals surface area contributed by atoms with Crippen LogP contribution in [0.4, 0.5) is 0 Å². The van der Waals surface area contributed by atoms with Crippen molar-refractivity contribution >= 4 is 11.6 Å². The van der Waals surface area contributed by atoms with Gasteiger partial charge in [0.05, 0.1) is 0 Å². The first kappa shape index (κ1) is 15.5. The Morgan fingerprint density at radius 1 is 1.28 bits per heavy atom. The molecule has 0 heterocycles. The molecule has 0 spiro atoms. The SMILES string of the molecule is CC(C)NCCCN(C)C(C)c1cccc(Cl)c1. The zero-order chi connectivity index (χ0) is 13.5. The van der Waals surface area contributed by atoms with Crippen molar-refractivity contribution in [3.05, 3.63) is 34.9 Å². The number of nitrogens with one attached hydrogen (secondary N) is 1. The number of hydrogen-bond acceptors (Lipinski definition) is 2. The topological polar surface area (TPSA) is 15.3 Å². The smallest absolute Gasteiger partial charge is 0.0409 e. The summed E-state index contributed by atoms with van der Waals surface area (Å²) in [5.74, 6) is 0. The third-order valence-electron chi connectivity index (χ3n) is 3.23. The van der Waals surface area contributed by atoms with Gasteiger partial charge in [0.15, 0.2) is 0 Å². The van der Waals surface area contributed by atoms with Gasteiger partial charge in [-0.1, -0.05) is 37.6 Å². The minimum Gasteiger partial charge on any atom is -0.314 e. The van der Waals surface area contributed by atoms with Gasteiger partial charge in [-0.05, 0) is 51.2 Å². The normalized spacial score (nSPS) is 13.3. The third kappa shape index (κ3) is 5.38. The predicted molar refractivity (Wildman–Crippen MR) is 80.3 cm³/mol. The molecule has 0 fully saturated rings. The highest BCUT2D eigenvalue weighted by atomic mass is 35.5. The molecular formula is C15H25ClN2. The molecule has 0 amide bonds. The average Bonchev–Trinajstić information content (AvgIpc) is 2.33. The standard InChI is InChI=1S/C15H25ClN2/c1-12(2)17-9-6-10-18(4)13(3)14-7-5-8-15(16)11-14/h5,7-8,11-13,17H,6,9-10H2,1-4H3. The van der Waals surface area contributed by atoms with Gasteiger partial charge in [-0.2, -0.15) is 0 Å². The van der Waals surface area contributed by atoms with Crippen molar-refractivity contribution in [1.29, 1.82) is 0 Å². The van der Waals surface area contributed by atoms with Gasteiger partial charge >= 0.3 is 0 Å². The van der Waals surface area contributed by atoms with E-state index in [4.69, 9.17) is 11.6 Å². The summed E-state index contributed by atoms with van der Waals surface area (Å²) in [4.78, 5) is 2.37. The van der Waals surface area contributed by atoms with E-state index in [9.17, 15) is 0 Å². The fourth-order valence-electron chi connectivity index (χ4n) is 1.93. The highest BCUT2D eigenvalue weighted by molar-refractivity contribution is 6.30. The molecule has 1 unspecified atom stereocenters. The molecule has 0 radical (unpaired) electrons. The molecule has 0 aromatic heterocycles. The van der Waals surface area contributed by atoms with Gasteiger partial charge in [-0.25, -0.2) is 0 Å². The summed E-state index contributed by atoms with van der Waals surface area (Å²) < 4.78 is 0. The Labute approximate surface area is 116 Å². The molecule has 1 rings (SSSR count). The minimum atomic E-state index is 0.405. The molecule has 0 aliphatic rings. The quantitative estimate of drug-likeness (QED) is 0.759. The summed E-state index contributed by atoms with van der Waals surface area (Å²) in [6, 6.07) is 9.10. The Balaban J connectivity index is 2.39. The van der Waals surface area contributed by atoms with Crippen LogP contribution in [-0.4, -0.2) is 31.1 Å². The number of rotatable bonds is 7. The van der Waals surface area contributed by atoms with E-state index in [0.717, 1.165) is 18.1 Å². The van der Waals surface area contributed by atoms with Gasteiger partial charge in [0.1, 0.15) is 0 Å². The summed E-state index contributed by atoms with van der Waals surface area (Å²) in [5, 5.41) is 4.25. The van der Waals surface area contributed by atoms with E-state index < -0.39 is 0 Å². The van der Waals surface area contributed by atoms with Gasteiger partial charge < -0.3 is 5.32 Å². The van der Waals surface area contributed by atoms with Crippen LogP contribution in [0, 0.1) is 0 Å². The maximum Gasteiger partial charge on any atom is 0.0409 e. The van der Waals surface area contributed by atoms with Crippen molar-refractivity contribution in [2.75, 3.05) is 20.1 Å². The molecule has 1 N–H and O–H groups in total. The first-order valence-electron chi connectivity index (χ1n) is 6.69. The predicted octanol–water partition coefficient (Wildman–Crippen LogP) is 3.72. The molecule has 102 valence electrons. The summed E-state index contributed by atoms with van der Waals surface area (Å²) >= 11 is 6.03. The highest BCUT2D eigenvalue weighted by Gasteiger charge is 2.11. The lowest BCUT2D eigenvalue weighted by atomic mass is 10.1. The number of halogens is 1. The lowest BCUT2D eigenvalue weighted by Gasteiger charge is -2.25. The summed E-state index contributed by atoms with van der Waals surface area (Å²) in [7, 11) is 2.17. The first-order valence-corrected chi connectivity index (χ1v) is 7.07. The third-order valence-corrected chi connectivity index (χ3v) is 3.47. The Hall–Kier alpha value is -0.570. The largest absolute Gasteiger partial charge is 0.314 e. The zero-order valence-corrected chi connectivity index (χ0v) is 12.7. The second kappa shape index (κ2) is 7.78. The molecule has 0 aliphatic heterocycles. The van der Waals surface area contributed by atoms with E-state index in [1.54, 1.807) is 0 Å². The van der Waals surface area contributed by atoms with Gasteiger partial charge in [0.25, 0.3) is 0 Å². The lowest BCUT2D eigenvalue weighted by Crippen LogP contribution is -2.29. The van der Waals surface area contributed by atoms with Crippen LogP contribution < -0.4 is 5.32 Å². The van der Waals surface area contributed by atoms with Gasteiger partial charge in [0.2, 0.25) is 0 Å². The number of hydrogen-bond donors (Lipinski definition) is 1. The molecule has 0 aliphatic carbocycles. The Kier molecular flexibility index (Phi) is 6.69. The number of nitrogens with zero attached hydrogens (tertiary/aromatic N) is 1. The van der Waals surface area contributed by atoms with Crippen LogP contribution in [0.2, 0.25) is 5.02 Å². The van der Waals surface area contributed by atoms with Gasteiger partial charge in [-0.15, -0.1) is 0 Å². The maximum atomic E-state index is 6.03. The second-order valence-electron chi connectivity index (χ2n) is 5.17. The second-order valence-corrected chi connectivity index (χ2v) is 5.61. The zero-order valence-electron chi connectivity index (χ0n) is 11.9. The summed E-state index contributed by atoms with van der Waals surface area (Å²) in [5.41, 5.74) is 1.28. The van der Waals surface area contributed by atoms with E-state index in [1.807, 2.05) is 12.1 Å². The fraction of sp³-hybridized carbons (Fsp3) is 0.600. The Morgan fingerprint density at radius 3 is 2.61 bits per heavy atom. The summed E-state index contributed by atoms with van der Waals surface area (Å²) in [6.07, 6.45) is 1.17. The Bertz CT molecular complexity index is 352. The van der Waals surface area contributed by atoms with Crippen LogP contribution in [0.1, 0.15) is 38.8 Å². The molecule has 3 heteroatoms. The van der Waals surface area contributed by atoms with Gasteiger partial charge in [-0.3, -0.25) is 4.90 Å². The summed E-state index contributed by atoms with van der Waals surface area (Å²) in [6.45, 7) is 8.75. The van der Waals surface area contributed by atoms with Crippen molar-refractivity contribution < 1.29 is 0 Å². The van der Waals surface area contributed by atoms with Crippen LogP contribution in [0.15, 0.2) is 24.3 Å². The average molecular weight is 269 g/mol. The van der Waals surface area contributed by atoms with Gasteiger partial charge in [0, 0.05) is 17.1 Å². The molecule has 0 saturated carbocycles. The molecule has 1 aromatic rings. The fourth-order valence-corrected chi connectivity index (χ4v) is 2.13. The minimum absolute atomic E-state index is 0.405. The van der Waals surface area contributed by atoms with Crippen molar-refractivity contribution in [1.82, 2.24) is 10.2 Å². The van der Waals surface area contributed by atoms with Crippen molar-refractivity contribution in [2.24, 2.45) is 0 Å². The van der Waals surface area contributed by atoms with Crippen LogP contribution in [0.3, 0.4) is 0 Å². The molecule has 0 bridgehead atoms. The lowest BCUT2D eigenvalue weighted by molar-refractivity contribution is 0.256.